The zero-order chi connectivity index (χ0) is 23.0. The maximum absolute atomic E-state index is 10.3. The zero-order valence-corrected chi connectivity index (χ0v) is 20.0. The molecule has 3 saturated carbocycles. The van der Waals surface area contributed by atoms with E-state index in [0.717, 1.165) is 24.0 Å². The maximum Gasteiger partial charge on any atom is 0.0849 e. The van der Waals surface area contributed by atoms with Crippen molar-refractivity contribution in [3.8, 4) is 0 Å². The van der Waals surface area contributed by atoms with Crippen molar-refractivity contribution in [3.63, 3.8) is 0 Å². The van der Waals surface area contributed by atoms with E-state index in [2.05, 4.69) is 32.6 Å². The molecule has 3 rings (SSSR count). The minimum atomic E-state index is -1.04. The normalized spacial score (nSPS) is 39.0. The Labute approximate surface area is 188 Å². The highest BCUT2D eigenvalue weighted by Gasteiger charge is 2.50. The van der Waals surface area contributed by atoms with Crippen molar-refractivity contribution in [2.24, 2.45) is 23.2 Å². The number of rotatable bonds is 6. The van der Waals surface area contributed by atoms with Crippen LogP contribution in [0.5, 0.6) is 0 Å². The van der Waals surface area contributed by atoms with E-state index in [1.54, 1.807) is 13.8 Å². The molecule has 0 aromatic rings. The number of aliphatic hydroxyl groups excluding tert-OH is 3. The van der Waals surface area contributed by atoms with E-state index in [-0.39, 0.29) is 5.41 Å². The van der Waals surface area contributed by atoms with Gasteiger partial charge in [-0.3, -0.25) is 0 Å². The van der Waals surface area contributed by atoms with Crippen LogP contribution >= 0.6 is 0 Å². The van der Waals surface area contributed by atoms with Gasteiger partial charge in [-0.05, 0) is 99.5 Å². The molecule has 31 heavy (non-hydrogen) atoms. The smallest absolute Gasteiger partial charge is 0.0849 e. The largest absolute Gasteiger partial charge is 0.393 e. The van der Waals surface area contributed by atoms with Crippen LogP contribution in [0.25, 0.3) is 0 Å². The molecule has 0 aliphatic heterocycles. The van der Waals surface area contributed by atoms with E-state index in [4.69, 9.17) is 0 Å². The SMILES string of the molecule is C=C1/C(=C\C=C2/CCCC3(C)C2CC[C@@H]3[C@H](C)CC[C@H](O)C(C)(C)O)C[C@@H](O)C[C@@H]1O. The first-order valence-electron chi connectivity index (χ1n) is 12.3. The van der Waals surface area contributed by atoms with Crippen LogP contribution in [-0.4, -0.2) is 44.3 Å². The van der Waals surface area contributed by atoms with Gasteiger partial charge in [0.05, 0.1) is 23.9 Å². The fourth-order valence-electron chi connectivity index (χ4n) is 6.65. The van der Waals surface area contributed by atoms with Gasteiger partial charge in [0.15, 0.2) is 0 Å². The summed E-state index contributed by atoms with van der Waals surface area (Å²) in [6, 6.07) is 0. The molecule has 0 saturated heterocycles. The highest BCUT2D eigenvalue weighted by molar-refractivity contribution is 5.38. The fourth-order valence-corrected chi connectivity index (χ4v) is 6.65. The van der Waals surface area contributed by atoms with Gasteiger partial charge in [0, 0.05) is 6.42 Å². The van der Waals surface area contributed by atoms with Gasteiger partial charge >= 0.3 is 0 Å². The summed E-state index contributed by atoms with van der Waals surface area (Å²) >= 11 is 0. The monoisotopic (exact) mass is 432 g/mol. The van der Waals surface area contributed by atoms with Crippen LogP contribution in [0.3, 0.4) is 0 Å². The van der Waals surface area contributed by atoms with Gasteiger partial charge < -0.3 is 20.4 Å². The van der Waals surface area contributed by atoms with Crippen LogP contribution in [0.4, 0.5) is 0 Å². The molecule has 3 fully saturated rings. The Bertz CT molecular complexity index is 715. The first kappa shape index (κ1) is 24.7. The number of hydrogen-bond acceptors (Lipinski definition) is 4. The molecule has 0 amide bonds. The zero-order valence-electron chi connectivity index (χ0n) is 20.0. The average molecular weight is 433 g/mol. The standard InChI is InChI=1S/C27H44O4/c1-17(8-13-25(30)26(3,4)31)22-11-12-23-19(7-6-14-27(22,23)5)9-10-20-15-21(28)16-24(29)18(20)2/h9-10,17,21-25,28-31H,2,6-8,11-16H2,1,3-5H3/b19-9+,20-10-/t17-,21-,22-,23?,24+,25+,27?/m1/s1. The number of aliphatic hydroxyl groups is 4. The predicted molar refractivity (Wildman–Crippen MR) is 125 cm³/mol. The van der Waals surface area contributed by atoms with Gasteiger partial charge in [0.2, 0.25) is 0 Å². The Hall–Kier alpha value is -0.940. The minimum absolute atomic E-state index is 0.282. The topological polar surface area (TPSA) is 80.9 Å². The van der Waals surface area contributed by atoms with E-state index in [1.807, 2.05) is 0 Å². The second-order valence-corrected chi connectivity index (χ2v) is 11.4. The van der Waals surface area contributed by atoms with E-state index in [0.29, 0.717) is 37.0 Å². The molecule has 0 aromatic carbocycles. The van der Waals surface area contributed by atoms with Crippen LogP contribution in [-0.2, 0) is 0 Å². The lowest BCUT2D eigenvalue weighted by Crippen LogP contribution is -2.38. The molecule has 0 bridgehead atoms. The highest BCUT2D eigenvalue weighted by atomic mass is 16.3. The molecular weight excluding hydrogens is 388 g/mol. The molecule has 0 aromatic heterocycles. The van der Waals surface area contributed by atoms with Crippen LogP contribution in [0.2, 0.25) is 0 Å². The van der Waals surface area contributed by atoms with Crippen molar-refractivity contribution in [1.82, 2.24) is 0 Å². The molecule has 2 unspecified atom stereocenters. The summed E-state index contributed by atoms with van der Waals surface area (Å²) in [4.78, 5) is 0. The number of allylic oxidation sites excluding steroid dienone is 3. The lowest BCUT2D eigenvalue weighted by atomic mass is 9.60. The van der Waals surface area contributed by atoms with Crippen LogP contribution < -0.4 is 0 Å². The van der Waals surface area contributed by atoms with Gasteiger partial charge in [-0.2, -0.15) is 0 Å². The van der Waals surface area contributed by atoms with Crippen molar-refractivity contribution < 1.29 is 20.4 Å². The second-order valence-electron chi connectivity index (χ2n) is 11.4. The van der Waals surface area contributed by atoms with Gasteiger partial charge in [-0.25, -0.2) is 0 Å². The average Bonchev–Trinajstić information content (AvgIpc) is 3.04. The van der Waals surface area contributed by atoms with Crippen molar-refractivity contribution in [3.05, 3.63) is 35.5 Å². The predicted octanol–water partition coefficient (Wildman–Crippen LogP) is 4.68. The summed E-state index contributed by atoms with van der Waals surface area (Å²) in [6.45, 7) is 12.2. The summed E-state index contributed by atoms with van der Waals surface area (Å²) in [5.74, 6) is 1.74. The van der Waals surface area contributed by atoms with Crippen LogP contribution in [0.15, 0.2) is 35.5 Å². The number of hydrogen-bond donors (Lipinski definition) is 4. The van der Waals surface area contributed by atoms with E-state index >= 15 is 0 Å². The third-order valence-electron chi connectivity index (χ3n) is 8.70. The Kier molecular flexibility index (Phi) is 7.57. The minimum Gasteiger partial charge on any atom is -0.393 e. The van der Waals surface area contributed by atoms with E-state index in [1.165, 1.54) is 31.3 Å². The lowest BCUT2D eigenvalue weighted by molar-refractivity contribution is -0.0554. The first-order chi connectivity index (χ1) is 14.4. The maximum atomic E-state index is 10.3. The molecule has 0 heterocycles. The molecule has 0 radical (unpaired) electrons. The van der Waals surface area contributed by atoms with Gasteiger partial charge in [-0.1, -0.05) is 38.2 Å². The summed E-state index contributed by atoms with van der Waals surface area (Å²) < 4.78 is 0. The molecule has 4 N–H and O–H groups in total. The molecule has 4 heteroatoms. The van der Waals surface area contributed by atoms with Crippen molar-refractivity contribution >= 4 is 0 Å². The summed E-state index contributed by atoms with van der Waals surface area (Å²) in [6.07, 6.45) is 11.1. The third-order valence-corrected chi connectivity index (χ3v) is 8.70. The Morgan fingerprint density at radius 1 is 1.19 bits per heavy atom. The molecule has 0 spiro atoms. The quantitative estimate of drug-likeness (QED) is 0.491. The number of fused-ring (bicyclic) bond motifs is 1. The third kappa shape index (κ3) is 5.35. The molecule has 4 nitrogen and oxygen atoms in total. The summed E-state index contributed by atoms with van der Waals surface area (Å²) in [5, 5.41) is 40.5. The van der Waals surface area contributed by atoms with E-state index < -0.39 is 23.9 Å². The molecule has 7 atom stereocenters. The fraction of sp³-hybridized carbons (Fsp3) is 0.778. The Morgan fingerprint density at radius 3 is 2.58 bits per heavy atom. The highest BCUT2D eigenvalue weighted by Crippen LogP contribution is 2.60. The van der Waals surface area contributed by atoms with Crippen LogP contribution in [0.1, 0.15) is 85.5 Å². The van der Waals surface area contributed by atoms with Crippen LogP contribution in [0, 0.1) is 23.2 Å². The van der Waals surface area contributed by atoms with E-state index in [9.17, 15) is 20.4 Å². The first-order valence-corrected chi connectivity index (χ1v) is 12.3. The van der Waals surface area contributed by atoms with Crippen molar-refractivity contribution in [1.29, 1.82) is 0 Å². The Balaban J connectivity index is 1.71. The summed E-state index contributed by atoms with van der Waals surface area (Å²) in [7, 11) is 0. The Morgan fingerprint density at radius 2 is 1.90 bits per heavy atom. The van der Waals surface area contributed by atoms with Crippen molar-refractivity contribution in [2.75, 3.05) is 0 Å². The molecule has 3 aliphatic carbocycles. The summed E-state index contributed by atoms with van der Waals surface area (Å²) in [5.41, 5.74) is 2.48. The molecule has 3 aliphatic rings. The molecular formula is C27H44O4. The van der Waals surface area contributed by atoms with Crippen molar-refractivity contribution in [2.45, 2.75) is 109 Å². The molecule has 176 valence electrons. The lowest BCUT2D eigenvalue weighted by Gasteiger charge is -2.44. The van der Waals surface area contributed by atoms with Gasteiger partial charge in [0.25, 0.3) is 0 Å². The second kappa shape index (κ2) is 9.51. The van der Waals surface area contributed by atoms with Gasteiger partial charge in [0.1, 0.15) is 0 Å². The van der Waals surface area contributed by atoms with Gasteiger partial charge in [-0.15, -0.1) is 0 Å².